The molecule has 1 aliphatic carbocycles. The predicted octanol–water partition coefficient (Wildman–Crippen LogP) is 4.57. The molecule has 0 aliphatic heterocycles. The quantitative estimate of drug-likeness (QED) is 0.738. The molecular weight excluding hydrogens is 230 g/mol. The van der Waals surface area contributed by atoms with Gasteiger partial charge < -0.3 is 5.32 Å². The molecule has 0 saturated heterocycles. The molecule has 1 atom stereocenters. The lowest BCUT2D eigenvalue weighted by atomic mass is 9.87. The molecule has 19 heavy (non-hydrogen) atoms. The molecule has 0 radical (unpaired) electrons. The summed E-state index contributed by atoms with van der Waals surface area (Å²) in [6, 6.07) is 11.7. The van der Waals surface area contributed by atoms with Gasteiger partial charge in [0.1, 0.15) is 0 Å². The lowest BCUT2D eigenvalue weighted by molar-refractivity contribution is 0.317. The standard InChI is InChI=1S/C18H29N/c1-2-14-19-18(15-16-10-6-5-7-11-16)17-12-8-3-4-9-13-17/h5-7,10-11,17-19H,2-4,8-9,12-15H2,1H3. The zero-order valence-corrected chi connectivity index (χ0v) is 12.4. The Balaban J connectivity index is 1.97. The highest BCUT2D eigenvalue weighted by atomic mass is 14.9. The molecule has 2 rings (SSSR count). The van der Waals surface area contributed by atoms with Crippen LogP contribution in [-0.4, -0.2) is 12.6 Å². The molecule has 1 N–H and O–H groups in total. The van der Waals surface area contributed by atoms with Crippen LogP contribution in [0.2, 0.25) is 0 Å². The van der Waals surface area contributed by atoms with E-state index in [1.165, 1.54) is 56.9 Å². The van der Waals surface area contributed by atoms with Crippen molar-refractivity contribution in [1.29, 1.82) is 0 Å². The summed E-state index contributed by atoms with van der Waals surface area (Å²) in [5, 5.41) is 3.82. The van der Waals surface area contributed by atoms with Crippen molar-refractivity contribution >= 4 is 0 Å². The lowest BCUT2D eigenvalue weighted by Crippen LogP contribution is -2.38. The van der Waals surface area contributed by atoms with E-state index in [-0.39, 0.29) is 0 Å². The Bertz CT molecular complexity index is 325. The van der Waals surface area contributed by atoms with Gasteiger partial charge in [-0.25, -0.2) is 0 Å². The second-order valence-corrected chi connectivity index (χ2v) is 6.00. The van der Waals surface area contributed by atoms with E-state index in [0.29, 0.717) is 6.04 Å². The SMILES string of the molecule is CCCNC(Cc1ccccc1)C1CCCCCC1. The Morgan fingerprint density at radius 1 is 1.05 bits per heavy atom. The number of rotatable bonds is 6. The summed E-state index contributed by atoms with van der Waals surface area (Å²) in [6.07, 6.45) is 11.0. The fourth-order valence-corrected chi connectivity index (χ4v) is 3.32. The van der Waals surface area contributed by atoms with Gasteiger partial charge in [-0.15, -0.1) is 0 Å². The van der Waals surface area contributed by atoms with Crippen molar-refractivity contribution in [2.75, 3.05) is 6.54 Å². The third-order valence-electron chi connectivity index (χ3n) is 4.42. The monoisotopic (exact) mass is 259 g/mol. The van der Waals surface area contributed by atoms with Crippen molar-refractivity contribution in [3.63, 3.8) is 0 Å². The van der Waals surface area contributed by atoms with Crippen LogP contribution in [0.1, 0.15) is 57.4 Å². The minimum atomic E-state index is 0.681. The Labute approximate surface area is 118 Å². The highest BCUT2D eigenvalue weighted by Crippen LogP contribution is 2.27. The topological polar surface area (TPSA) is 12.0 Å². The number of benzene rings is 1. The van der Waals surface area contributed by atoms with Crippen molar-refractivity contribution < 1.29 is 0 Å². The van der Waals surface area contributed by atoms with Gasteiger partial charge in [0.2, 0.25) is 0 Å². The first-order chi connectivity index (χ1) is 9.40. The van der Waals surface area contributed by atoms with Crippen molar-refractivity contribution in [2.24, 2.45) is 5.92 Å². The molecule has 0 heterocycles. The van der Waals surface area contributed by atoms with Crippen LogP contribution in [-0.2, 0) is 6.42 Å². The molecule has 1 unspecified atom stereocenters. The van der Waals surface area contributed by atoms with Crippen LogP contribution in [0.15, 0.2) is 30.3 Å². The molecule has 1 aromatic carbocycles. The maximum absolute atomic E-state index is 3.82. The van der Waals surface area contributed by atoms with E-state index in [9.17, 15) is 0 Å². The van der Waals surface area contributed by atoms with Crippen molar-refractivity contribution in [3.05, 3.63) is 35.9 Å². The first-order valence-corrected chi connectivity index (χ1v) is 8.17. The smallest absolute Gasteiger partial charge is 0.0136 e. The molecule has 0 spiro atoms. The summed E-state index contributed by atoms with van der Waals surface area (Å²) >= 11 is 0. The summed E-state index contributed by atoms with van der Waals surface area (Å²) in [5.74, 6) is 0.884. The van der Waals surface area contributed by atoms with E-state index in [1.807, 2.05) is 0 Å². The molecule has 0 aromatic heterocycles. The van der Waals surface area contributed by atoms with Gasteiger partial charge >= 0.3 is 0 Å². The molecule has 1 aromatic rings. The largest absolute Gasteiger partial charge is 0.313 e. The van der Waals surface area contributed by atoms with Crippen LogP contribution >= 0.6 is 0 Å². The number of hydrogen-bond donors (Lipinski definition) is 1. The van der Waals surface area contributed by atoms with Crippen molar-refractivity contribution in [2.45, 2.75) is 64.3 Å². The van der Waals surface area contributed by atoms with Gasteiger partial charge in [0.05, 0.1) is 0 Å². The Kier molecular flexibility index (Phi) is 6.43. The zero-order valence-electron chi connectivity index (χ0n) is 12.4. The number of hydrogen-bond acceptors (Lipinski definition) is 1. The van der Waals surface area contributed by atoms with E-state index < -0.39 is 0 Å². The maximum Gasteiger partial charge on any atom is 0.0136 e. The molecule has 1 heteroatoms. The van der Waals surface area contributed by atoms with E-state index in [0.717, 1.165) is 12.5 Å². The predicted molar refractivity (Wildman–Crippen MR) is 83.4 cm³/mol. The van der Waals surface area contributed by atoms with Crippen LogP contribution in [0, 0.1) is 5.92 Å². The average molecular weight is 259 g/mol. The van der Waals surface area contributed by atoms with Crippen LogP contribution < -0.4 is 5.32 Å². The van der Waals surface area contributed by atoms with Crippen LogP contribution in [0.3, 0.4) is 0 Å². The molecular formula is C18H29N. The van der Waals surface area contributed by atoms with Crippen LogP contribution in [0.25, 0.3) is 0 Å². The third-order valence-corrected chi connectivity index (χ3v) is 4.42. The van der Waals surface area contributed by atoms with Gasteiger partial charge in [-0.05, 0) is 43.7 Å². The lowest BCUT2D eigenvalue weighted by Gasteiger charge is -2.27. The third kappa shape index (κ3) is 4.99. The molecule has 1 fully saturated rings. The summed E-state index contributed by atoms with van der Waals surface area (Å²) < 4.78 is 0. The summed E-state index contributed by atoms with van der Waals surface area (Å²) in [6.45, 7) is 3.42. The Hall–Kier alpha value is -0.820. The first-order valence-electron chi connectivity index (χ1n) is 8.17. The minimum absolute atomic E-state index is 0.681. The van der Waals surface area contributed by atoms with Crippen LogP contribution in [0.4, 0.5) is 0 Å². The minimum Gasteiger partial charge on any atom is -0.313 e. The second-order valence-electron chi connectivity index (χ2n) is 6.00. The highest BCUT2D eigenvalue weighted by Gasteiger charge is 2.22. The van der Waals surface area contributed by atoms with Gasteiger partial charge in [0, 0.05) is 6.04 Å². The molecule has 0 amide bonds. The van der Waals surface area contributed by atoms with Crippen molar-refractivity contribution in [1.82, 2.24) is 5.32 Å². The van der Waals surface area contributed by atoms with Gasteiger partial charge in [-0.2, -0.15) is 0 Å². The summed E-state index contributed by atoms with van der Waals surface area (Å²) in [4.78, 5) is 0. The average Bonchev–Trinajstić information content (AvgIpc) is 2.73. The molecule has 1 saturated carbocycles. The molecule has 1 aliphatic rings. The molecule has 106 valence electrons. The Morgan fingerprint density at radius 3 is 2.37 bits per heavy atom. The van der Waals surface area contributed by atoms with Gasteiger partial charge in [-0.1, -0.05) is 62.9 Å². The van der Waals surface area contributed by atoms with E-state index in [1.54, 1.807) is 0 Å². The van der Waals surface area contributed by atoms with Gasteiger partial charge in [-0.3, -0.25) is 0 Å². The second kappa shape index (κ2) is 8.37. The summed E-state index contributed by atoms with van der Waals surface area (Å²) in [5.41, 5.74) is 1.49. The van der Waals surface area contributed by atoms with E-state index in [2.05, 4.69) is 42.6 Å². The Morgan fingerprint density at radius 2 is 1.74 bits per heavy atom. The zero-order chi connectivity index (χ0) is 13.3. The van der Waals surface area contributed by atoms with Gasteiger partial charge in [0.25, 0.3) is 0 Å². The fourth-order valence-electron chi connectivity index (χ4n) is 3.32. The molecule has 1 nitrogen and oxygen atoms in total. The normalized spacial score (nSPS) is 19.0. The van der Waals surface area contributed by atoms with E-state index in [4.69, 9.17) is 0 Å². The first kappa shape index (κ1) is 14.6. The van der Waals surface area contributed by atoms with Crippen molar-refractivity contribution in [3.8, 4) is 0 Å². The highest BCUT2D eigenvalue weighted by molar-refractivity contribution is 5.16. The van der Waals surface area contributed by atoms with E-state index >= 15 is 0 Å². The number of nitrogens with one attached hydrogen (secondary N) is 1. The summed E-state index contributed by atoms with van der Waals surface area (Å²) in [7, 11) is 0. The fraction of sp³-hybridized carbons (Fsp3) is 0.667. The van der Waals surface area contributed by atoms with Gasteiger partial charge in [0.15, 0.2) is 0 Å². The maximum atomic E-state index is 3.82. The molecule has 0 bridgehead atoms. The van der Waals surface area contributed by atoms with Crippen LogP contribution in [0.5, 0.6) is 0 Å².